The number of hydrogen-bond acceptors (Lipinski definition) is 4. The second-order valence-corrected chi connectivity index (χ2v) is 4.65. The first-order chi connectivity index (χ1) is 9.90. The second kappa shape index (κ2) is 5.70. The third-order valence-electron chi connectivity index (χ3n) is 3.22. The van der Waals surface area contributed by atoms with Crippen LogP contribution in [-0.4, -0.2) is 59.2 Å². The minimum atomic E-state index is -1.19. The lowest BCUT2D eigenvalue weighted by Gasteiger charge is -2.35. The molecule has 1 fully saturated rings. The Labute approximate surface area is 120 Å². The molecule has 0 aliphatic carbocycles. The Morgan fingerprint density at radius 2 is 2.14 bits per heavy atom. The van der Waals surface area contributed by atoms with Gasteiger partial charge in [-0.1, -0.05) is 6.07 Å². The number of rotatable bonds is 2. The fraction of sp³-hybridized carbons (Fsp3) is 0.308. The molecule has 3 amide bonds. The molecular weight excluding hydrogens is 278 g/mol. The van der Waals surface area contributed by atoms with E-state index in [4.69, 9.17) is 5.11 Å². The zero-order valence-corrected chi connectivity index (χ0v) is 11.3. The average molecular weight is 293 g/mol. The molecule has 3 N–H and O–H groups in total. The Morgan fingerprint density at radius 1 is 1.43 bits per heavy atom. The molecular formula is C13H15N3O5. The number of nitrogens with one attached hydrogen (secondary N) is 1. The first-order valence-electron chi connectivity index (χ1n) is 6.23. The van der Waals surface area contributed by atoms with E-state index in [1.54, 1.807) is 12.1 Å². The highest BCUT2D eigenvalue weighted by Gasteiger charge is 2.36. The van der Waals surface area contributed by atoms with Crippen LogP contribution in [0.4, 0.5) is 10.5 Å². The summed E-state index contributed by atoms with van der Waals surface area (Å²) in [4.78, 5) is 37.2. The standard InChI is InChI=1S/C13H15N3O5/c1-15(8-3-2-4-9(17)5-8)13(21)16-7-11(18)14-6-10(16)12(19)20/h2-5,10,17H,6-7H2,1H3,(H,14,18)(H,19,20). The zero-order valence-electron chi connectivity index (χ0n) is 11.3. The van der Waals surface area contributed by atoms with Crippen molar-refractivity contribution in [3.63, 3.8) is 0 Å². The molecule has 8 nitrogen and oxygen atoms in total. The molecule has 112 valence electrons. The Morgan fingerprint density at radius 3 is 2.76 bits per heavy atom. The highest BCUT2D eigenvalue weighted by Crippen LogP contribution is 2.21. The minimum absolute atomic E-state index is 0.0154. The smallest absolute Gasteiger partial charge is 0.328 e. The first kappa shape index (κ1) is 14.6. The molecule has 8 heteroatoms. The summed E-state index contributed by atoms with van der Waals surface area (Å²) in [7, 11) is 1.45. The van der Waals surface area contributed by atoms with Crippen LogP contribution in [0.15, 0.2) is 24.3 Å². The number of carbonyl (C=O) groups is 3. The number of phenolic OH excluding ortho intramolecular Hbond substituents is 1. The van der Waals surface area contributed by atoms with Gasteiger partial charge in [0, 0.05) is 25.3 Å². The summed E-state index contributed by atoms with van der Waals surface area (Å²) >= 11 is 0. The topological polar surface area (TPSA) is 110 Å². The summed E-state index contributed by atoms with van der Waals surface area (Å²) in [5.74, 6) is -1.61. The maximum Gasteiger partial charge on any atom is 0.328 e. The molecule has 1 aromatic rings. The summed E-state index contributed by atoms with van der Waals surface area (Å²) in [6.45, 7) is -0.452. The largest absolute Gasteiger partial charge is 0.508 e. The molecule has 1 aliphatic heterocycles. The highest BCUT2D eigenvalue weighted by molar-refractivity contribution is 5.97. The molecule has 0 spiro atoms. The maximum absolute atomic E-state index is 12.4. The molecule has 0 bridgehead atoms. The van der Waals surface area contributed by atoms with Crippen LogP contribution in [0, 0.1) is 0 Å². The fourth-order valence-electron chi connectivity index (χ4n) is 2.07. The van der Waals surface area contributed by atoms with Crippen LogP contribution in [0.2, 0.25) is 0 Å². The lowest BCUT2D eigenvalue weighted by atomic mass is 10.2. The van der Waals surface area contributed by atoms with Crippen LogP contribution in [0.25, 0.3) is 0 Å². The van der Waals surface area contributed by atoms with E-state index in [0.29, 0.717) is 5.69 Å². The molecule has 1 unspecified atom stereocenters. The van der Waals surface area contributed by atoms with Gasteiger partial charge in [-0.05, 0) is 12.1 Å². The first-order valence-corrected chi connectivity index (χ1v) is 6.23. The lowest BCUT2D eigenvalue weighted by molar-refractivity contribution is -0.144. The molecule has 0 aromatic heterocycles. The molecule has 21 heavy (non-hydrogen) atoms. The summed E-state index contributed by atoms with van der Waals surface area (Å²) in [6.07, 6.45) is 0. The summed E-state index contributed by atoms with van der Waals surface area (Å²) in [5.41, 5.74) is 0.398. The van der Waals surface area contributed by atoms with Gasteiger partial charge in [-0.3, -0.25) is 14.6 Å². The van der Waals surface area contributed by atoms with Gasteiger partial charge in [0.2, 0.25) is 5.91 Å². The van der Waals surface area contributed by atoms with E-state index >= 15 is 0 Å². The van der Waals surface area contributed by atoms with Gasteiger partial charge in [0.1, 0.15) is 18.3 Å². The van der Waals surface area contributed by atoms with Crippen LogP contribution in [0.3, 0.4) is 0 Å². The number of amides is 3. The van der Waals surface area contributed by atoms with E-state index in [1.165, 1.54) is 24.1 Å². The number of urea groups is 1. The minimum Gasteiger partial charge on any atom is -0.508 e. The van der Waals surface area contributed by atoms with Crippen molar-refractivity contribution < 1.29 is 24.6 Å². The van der Waals surface area contributed by atoms with E-state index in [1.807, 2.05) is 0 Å². The number of hydrogen-bond donors (Lipinski definition) is 3. The van der Waals surface area contributed by atoms with Gasteiger partial charge < -0.3 is 15.5 Å². The number of aromatic hydroxyl groups is 1. The maximum atomic E-state index is 12.4. The Bertz CT molecular complexity index is 589. The normalized spacial score (nSPS) is 18.0. The van der Waals surface area contributed by atoms with E-state index < -0.39 is 23.9 Å². The number of carboxylic acid groups (broad SMARTS) is 1. The third kappa shape index (κ3) is 3.04. The molecule has 0 saturated carbocycles. The number of anilines is 1. The molecule has 0 radical (unpaired) electrons. The Kier molecular flexibility index (Phi) is 3.97. The second-order valence-electron chi connectivity index (χ2n) is 4.65. The van der Waals surface area contributed by atoms with Crippen molar-refractivity contribution in [2.45, 2.75) is 6.04 Å². The van der Waals surface area contributed by atoms with Crippen molar-refractivity contribution in [1.82, 2.24) is 10.2 Å². The van der Waals surface area contributed by atoms with Gasteiger partial charge >= 0.3 is 12.0 Å². The predicted molar refractivity (Wildman–Crippen MR) is 73.0 cm³/mol. The molecule has 1 saturated heterocycles. The van der Waals surface area contributed by atoms with E-state index in [2.05, 4.69) is 5.32 Å². The SMILES string of the molecule is CN(C(=O)N1CC(=O)NCC1C(=O)O)c1cccc(O)c1. The number of carboxylic acids is 1. The number of nitrogens with zero attached hydrogens (tertiary/aromatic N) is 2. The lowest BCUT2D eigenvalue weighted by Crippen LogP contribution is -2.61. The Hall–Kier alpha value is -2.77. The third-order valence-corrected chi connectivity index (χ3v) is 3.22. The molecule has 2 rings (SSSR count). The van der Waals surface area contributed by atoms with Crippen LogP contribution < -0.4 is 10.2 Å². The average Bonchev–Trinajstić information content (AvgIpc) is 2.45. The Balaban J connectivity index is 2.23. The molecule has 1 atom stereocenters. The number of piperazine rings is 1. The number of phenols is 1. The highest BCUT2D eigenvalue weighted by atomic mass is 16.4. The van der Waals surface area contributed by atoms with Crippen LogP contribution >= 0.6 is 0 Å². The van der Waals surface area contributed by atoms with Gasteiger partial charge in [-0.15, -0.1) is 0 Å². The van der Waals surface area contributed by atoms with Crippen LogP contribution in [-0.2, 0) is 9.59 Å². The van der Waals surface area contributed by atoms with Gasteiger partial charge in [-0.25, -0.2) is 9.59 Å². The van der Waals surface area contributed by atoms with Gasteiger partial charge in [0.25, 0.3) is 0 Å². The van der Waals surface area contributed by atoms with Gasteiger partial charge in [0.15, 0.2) is 0 Å². The fourth-order valence-corrected chi connectivity index (χ4v) is 2.07. The molecule has 1 heterocycles. The summed E-state index contributed by atoms with van der Waals surface area (Å²) < 4.78 is 0. The number of carbonyl (C=O) groups excluding carboxylic acids is 2. The van der Waals surface area contributed by atoms with Gasteiger partial charge in [0.05, 0.1) is 0 Å². The summed E-state index contributed by atoms with van der Waals surface area (Å²) in [5, 5.41) is 21.0. The van der Waals surface area contributed by atoms with E-state index in [0.717, 1.165) is 4.90 Å². The predicted octanol–water partition coefficient (Wildman–Crippen LogP) is -0.167. The van der Waals surface area contributed by atoms with Crippen molar-refractivity contribution in [3.05, 3.63) is 24.3 Å². The number of benzene rings is 1. The quantitative estimate of drug-likeness (QED) is 0.701. The van der Waals surface area contributed by atoms with E-state index in [-0.39, 0.29) is 18.8 Å². The zero-order chi connectivity index (χ0) is 15.6. The van der Waals surface area contributed by atoms with Crippen molar-refractivity contribution in [3.8, 4) is 5.75 Å². The monoisotopic (exact) mass is 293 g/mol. The molecule has 1 aliphatic rings. The van der Waals surface area contributed by atoms with Gasteiger partial charge in [-0.2, -0.15) is 0 Å². The van der Waals surface area contributed by atoms with Crippen LogP contribution in [0.1, 0.15) is 0 Å². The van der Waals surface area contributed by atoms with Crippen molar-refractivity contribution in [1.29, 1.82) is 0 Å². The summed E-state index contributed by atoms with van der Waals surface area (Å²) in [6, 6.07) is 4.25. The van der Waals surface area contributed by atoms with Crippen molar-refractivity contribution in [2.75, 3.05) is 25.0 Å². The van der Waals surface area contributed by atoms with Crippen molar-refractivity contribution in [2.24, 2.45) is 0 Å². The van der Waals surface area contributed by atoms with E-state index in [9.17, 15) is 19.5 Å². The number of aliphatic carboxylic acids is 1. The molecule has 1 aromatic carbocycles. The van der Waals surface area contributed by atoms with Crippen molar-refractivity contribution >= 4 is 23.6 Å². The van der Waals surface area contributed by atoms with Crippen LogP contribution in [0.5, 0.6) is 5.75 Å².